The van der Waals surface area contributed by atoms with Gasteiger partial charge in [0.1, 0.15) is 18.1 Å². The summed E-state index contributed by atoms with van der Waals surface area (Å²) in [6.07, 6.45) is 4.15. The first-order valence-corrected chi connectivity index (χ1v) is 8.93. The van der Waals surface area contributed by atoms with Gasteiger partial charge in [0.2, 0.25) is 0 Å². The molecule has 28 heavy (non-hydrogen) atoms. The second-order valence-electron chi connectivity index (χ2n) is 6.14. The van der Waals surface area contributed by atoms with Crippen molar-refractivity contribution in [3.63, 3.8) is 0 Å². The molecule has 1 aliphatic rings. The molecule has 0 bridgehead atoms. The van der Waals surface area contributed by atoms with Gasteiger partial charge in [0.05, 0.1) is 12.2 Å². The molecule has 0 fully saturated rings. The lowest BCUT2D eigenvalue weighted by atomic mass is 10.1. The molecule has 2 aromatic carbocycles. The van der Waals surface area contributed by atoms with Crippen LogP contribution < -0.4 is 19.7 Å². The van der Waals surface area contributed by atoms with Crippen molar-refractivity contribution in [3.8, 4) is 11.5 Å². The molecule has 1 heterocycles. The first-order valence-electron chi connectivity index (χ1n) is 8.93. The number of hydrogen-bond donors (Lipinski definition) is 1. The fourth-order valence-electron chi connectivity index (χ4n) is 2.83. The summed E-state index contributed by atoms with van der Waals surface area (Å²) in [6.45, 7) is 4.20. The third-order valence-electron chi connectivity index (χ3n) is 4.24. The summed E-state index contributed by atoms with van der Waals surface area (Å²) >= 11 is 0. The van der Waals surface area contributed by atoms with Crippen LogP contribution in [-0.2, 0) is 9.59 Å². The number of likely N-dealkylation sites (N-methyl/N-ethyl adjacent to an activating group) is 1. The Balaban J connectivity index is 1.76. The monoisotopic (exact) mass is 378 g/mol. The molecule has 2 amide bonds. The van der Waals surface area contributed by atoms with E-state index in [9.17, 15) is 9.59 Å². The summed E-state index contributed by atoms with van der Waals surface area (Å²) in [5, 5.41) is 2.56. The Morgan fingerprint density at radius 3 is 2.71 bits per heavy atom. The predicted molar refractivity (Wildman–Crippen MR) is 108 cm³/mol. The maximum Gasteiger partial charge on any atom is 0.262 e. The fraction of sp³-hybridized carbons (Fsp3) is 0.182. The van der Waals surface area contributed by atoms with E-state index in [1.807, 2.05) is 30.3 Å². The summed E-state index contributed by atoms with van der Waals surface area (Å²) < 4.78 is 11.2. The molecule has 0 saturated carbocycles. The largest absolute Gasteiger partial charge is 0.490 e. The molecule has 0 radical (unpaired) electrons. The molecule has 1 atom stereocenters. The topological polar surface area (TPSA) is 67.9 Å². The van der Waals surface area contributed by atoms with E-state index in [-0.39, 0.29) is 18.4 Å². The van der Waals surface area contributed by atoms with Crippen molar-refractivity contribution in [3.05, 3.63) is 72.8 Å². The first-order chi connectivity index (χ1) is 13.6. The molecule has 2 aromatic rings. The van der Waals surface area contributed by atoms with Crippen molar-refractivity contribution in [1.82, 2.24) is 5.32 Å². The van der Waals surface area contributed by atoms with E-state index in [4.69, 9.17) is 9.47 Å². The van der Waals surface area contributed by atoms with Gasteiger partial charge < -0.3 is 19.7 Å². The van der Waals surface area contributed by atoms with Gasteiger partial charge in [-0.3, -0.25) is 9.59 Å². The highest BCUT2D eigenvalue weighted by Gasteiger charge is 2.32. The quantitative estimate of drug-likeness (QED) is 0.620. The van der Waals surface area contributed by atoms with E-state index in [1.54, 1.807) is 42.3 Å². The molecule has 0 spiro atoms. The van der Waals surface area contributed by atoms with E-state index in [2.05, 4.69) is 11.9 Å². The highest BCUT2D eigenvalue weighted by atomic mass is 16.5. The third-order valence-corrected chi connectivity index (χ3v) is 4.24. The minimum absolute atomic E-state index is 0.147. The Morgan fingerprint density at radius 2 is 2.00 bits per heavy atom. The van der Waals surface area contributed by atoms with E-state index in [0.717, 1.165) is 11.3 Å². The van der Waals surface area contributed by atoms with Crippen LogP contribution in [0.1, 0.15) is 5.56 Å². The van der Waals surface area contributed by atoms with E-state index in [1.165, 1.54) is 6.08 Å². The van der Waals surface area contributed by atoms with Crippen molar-refractivity contribution in [2.75, 3.05) is 25.1 Å². The van der Waals surface area contributed by atoms with Crippen LogP contribution in [0, 0.1) is 0 Å². The smallest absolute Gasteiger partial charge is 0.262 e. The highest BCUT2D eigenvalue weighted by Crippen LogP contribution is 2.33. The second kappa shape index (κ2) is 8.90. The van der Waals surface area contributed by atoms with Crippen molar-refractivity contribution in [2.24, 2.45) is 0 Å². The number of anilines is 1. The van der Waals surface area contributed by atoms with Crippen LogP contribution in [0.2, 0.25) is 0 Å². The van der Waals surface area contributed by atoms with Gasteiger partial charge >= 0.3 is 0 Å². The number of para-hydroxylation sites is 2. The molecule has 6 nitrogen and oxygen atoms in total. The van der Waals surface area contributed by atoms with Gasteiger partial charge in [-0.25, -0.2) is 0 Å². The van der Waals surface area contributed by atoms with Crippen LogP contribution in [0.5, 0.6) is 11.5 Å². The SMILES string of the molecule is C=CCOc1ccc(/C=C/C(=O)N2C[C@@H](C(=O)NC)Oc3ccccc32)cc1. The molecule has 0 unspecified atom stereocenters. The number of carbonyl (C=O) groups is 2. The molecule has 0 saturated heterocycles. The number of nitrogens with zero attached hydrogens (tertiary/aromatic N) is 1. The number of amides is 2. The average molecular weight is 378 g/mol. The summed E-state index contributed by atoms with van der Waals surface area (Å²) in [6, 6.07) is 14.6. The van der Waals surface area contributed by atoms with Gasteiger partial charge in [-0.05, 0) is 35.9 Å². The zero-order chi connectivity index (χ0) is 19.9. The van der Waals surface area contributed by atoms with Crippen LogP contribution in [-0.4, -0.2) is 38.1 Å². The second-order valence-corrected chi connectivity index (χ2v) is 6.14. The van der Waals surface area contributed by atoms with Crippen molar-refractivity contribution < 1.29 is 19.1 Å². The molecule has 144 valence electrons. The number of rotatable bonds is 6. The normalized spacial score (nSPS) is 15.5. The first kappa shape index (κ1) is 19.2. The van der Waals surface area contributed by atoms with Crippen molar-refractivity contribution in [1.29, 1.82) is 0 Å². The Hall–Kier alpha value is -3.54. The third kappa shape index (κ3) is 4.40. The van der Waals surface area contributed by atoms with E-state index >= 15 is 0 Å². The number of hydrogen-bond acceptors (Lipinski definition) is 4. The lowest BCUT2D eigenvalue weighted by molar-refractivity contribution is -0.127. The lowest BCUT2D eigenvalue weighted by Crippen LogP contribution is -2.49. The van der Waals surface area contributed by atoms with Crippen LogP contribution >= 0.6 is 0 Å². The minimum atomic E-state index is -0.751. The molecule has 1 N–H and O–H groups in total. The predicted octanol–water partition coefficient (Wildman–Crippen LogP) is 2.80. The van der Waals surface area contributed by atoms with Crippen LogP contribution in [0.25, 0.3) is 6.08 Å². The summed E-state index contributed by atoms with van der Waals surface area (Å²) in [5.41, 5.74) is 1.51. The maximum atomic E-state index is 12.8. The van der Waals surface area contributed by atoms with Crippen molar-refractivity contribution in [2.45, 2.75) is 6.10 Å². The highest BCUT2D eigenvalue weighted by molar-refractivity contribution is 6.05. The Labute approximate surface area is 164 Å². The number of benzene rings is 2. The van der Waals surface area contributed by atoms with Crippen LogP contribution in [0.4, 0.5) is 5.69 Å². The number of fused-ring (bicyclic) bond motifs is 1. The maximum absolute atomic E-state index is 12.8. The van der Waals surface area contributed by atoms with E-state index in [0.29, 0.717) is 18.0 Å². The molecular weight excluding hydrogens is 356 g/mol. The van der Waals surface area contributed by atoms with Crippen molar-refractivity contribution >= 4 is 23.6 Å². The summed E-state index contributed by atoms with van der Waals surface area (Å²) in [4.78, 5) is 26.4. The number of nitrogens with one attached hydrogen (secondary N) is 1. The lowest BCUT2D eigenvalue weighted by Gasteiger charge is -2.33. The molecule has 6 heteroatoms. The van der Waals surface area contributed by atoms with Gasteiger partial charge in [0.25, 0.3) is 11.8 Å². The fourth-order valence-corrected chi connectivity index (χ4v) is 2.83. The number of carbonyl (C=O) groups excluding carboxylic acids is 2. The number of ether oxygens (including phenoxy) is 2. The Bertz CT molecular complexity index is 890. The molecule has 0 aliphatic carbocycles. The molecular formula is C22H22N2O4. The van der Waals surface area contributed by atoms with Gasteiger partial charge in [-0.15, -0.1) is 0 Å². The van der Waals surface area contributed by atoms with Crippen LogP contribution in [0.3, 0.4) is 0 Å². The minimum Gasteiger partial charge on any atom is -0.490 e. The average Bonchev–Trinajstić information content (AvgIpc) is 2.75. The summed E-state index contributed by atoms with van der Waals surface area (Å²) in [7, 11) is 1.54. The van der Waals surface area contributed by atoms with Gasteiger partial charge in [0.15, 0.2) is 6.10 Å². The van der Waals surface area contributed by atoms with Gasteiger partial charge in [-0.2, -0.15) is 0 Å². The van der Waals surface area contributed by atoms with E-state index < -0.39 is 6.10 Å². The molecule has 3 rings (SSSR count). The van der Waals surface area contributed by atoms with Crippen LogP contribution in [0.15, 0.2) is 67.3 Å². The Morgan fingerprint density at radius 1 is 1.25 bits per heavy atom. The van der Waals surface area contributed by atoms with Gasteiger partial charge in [-0.1, -0.05) is 36.9 Å². The van der Waals surface area contributed by atoms with Gasteiger partial charge in [0, 0.05) is 13.1 Å². The zero-order valence-electron chi connectivity index (χ0n) is 15.6. The standard InChI is InChI=1S/C22H22N2O4/c1-3-14-27-17-11-8-16(9-12-17)10-13-21(25)24-15-20(22(26)23-2)28-19-7-5-4-6-18(19)24/h3-13,20H,1,14-15H2,2H3,(H,23,26)/b13-10+/t20-/m0/s1. The Kier molecular flexibility index (Phi) is 6.11. The summed E-state index contributed by atoms with van der Waals surface area (Å²) in [5.74, 6) is 0.745. The molecule has 0 aromatic heterocycles. The molecule has 1 aliphatic heterocycles. The zero-order valence-corrected chi connectivity index (χ0v) is 15.6.